The number of fused-ring (bicyclic) bond motifs is 1. The minimum atomic E-state index is -0.313. The van der Waals surface area contributed by atoms with Gasteiger partial charge in [0.05, 0.1) is 6.10 Å². The molecule has 4 nitrogen and oxygen atoms in total. The van der Waals surface area contributed by atoms with E-state index in [0.29, 0.717) is 12.4 Å². The van der Waals surface area contributed by atoms with E-state index in [9.17, 15) is 5.11 Å². The van der Waals surface area contributed by atoms with Gasteiger partial charge in [-0.25, -0.2) is 9.97 Å². The van der Waals surface area contributed by atoms with Crippen molar-refractivity contribution in [3.05, 3.63) is 53.6 Å². The summed E-state index contributed by atoms with van der Waals surface area (Å²) in [7, 11) is 0. The Labute approximate surface area is 105 Å². The smallest absolute Gasteiger partial charge is 0.166 e. The fraction of sp³-hybridized carbons (Fsp3) is 0.286. The second-order valence-corrected chi connectivity index (χ2v) is 4.37. The molecule has 1 aromatic carbocycles. The molecule has 0 radical (unpaired) electrons. The van der Waals surface area contributed by atoms with Crippen LogP contribution in [0.15, 0.2) is 36.7 Å². The first-order valence-corrected chi connectivity index (χ1v) is 6.02. The summed E-state index contributed by atoms with van der Waals surface area (Å²) in [4.78, 5) is 8.20. The maximum Gasteiger partial charge on any atom is 0.166 e. The summed E-state index contributed by atoms with van der Waals surface area (Å²) >= 11 is 0. The fourth-order valence-electron chi connectivity index (χ4n) is 2.21. The lowest BCUT2D eigenvalue weighted by Gasteiger charge is -2.08. The second kappa shape index (κ2) is 4.74. The molecule has 1 aliphatic carbocycles. The van der Waals surface area contributed by atoms with Crippen molar-refractivity contribution < 1.29 is 9.84 Å². The molecule has 1 heterocycles. The monoisotopic (exact) mass is 242 g/mol. The van der Waals surface area contributed by atoms with Crippen LogP contribution in [0.4, 0.5) is 0 Å². The maximum atomic E-state index is 9.72. The van der Waals surface area contributed by atoms with Gasteiger partial charge in [-0.3, -0.25) is 0 Å². The Bertz CT molecular complexity index is 543. The topological polar surface area (TPSA) is 55.2 Å². The number of aliphatic hydroxyl groups is 1. The molecule has 0 aliphatic heterocycles. The predicted octanol–water partition coefficient (Wildman–Crippen LogP) is 2.04. The van der Waals surface area contributed by atoms with Crippen molar-refractivity contribution in [1.29, 1.82) is 0 Å². The van der Waals surface area contributed by atoms with Crippen LogP contribution in [0.2, 0.25) is 0 Å². The molecule has 4 heteroatoms. The Morgan fingerprint density at radius 3 is 2.94 bits per heavy atom. The molecule has 0 unspecified atom stereocenters. The molecule has 1 aromatic heterocycles. The summed E-state index contributed by atoms with van der Waals surface area (Å²) in [5.41, 5.74) is 2.20. The van der Waals surface area contributed by atoms with E-state index < -0.39 is 0 Å². The zero-order chi connectivity index (χ0) is 12.4. The van der Waals surface area contributed by atoms with E-state index in [1.165, 1.54) is 5.56 Å². The first-order chi connectivity index (χ1) is 8.83. The first kappa shape index (κ1) is 11.2. The van der Waals surface area contributed by atoms with Crippen LogP contribution in [0.3, 0.4) is 0 Å². The Hall–Kier alpha value is -1.94. The van der Waals surface area contributed by atoms with Crippen LogP contribution in [-0.2, 0) is 13.0 Å². The number of hydrogen-bond acceptors (Lipinski definition) is 4. The van der Waals surface area contributed by atoms with Gasteiger partial charge < -0.3 is 9.84 Å². The average molecular weight is 242 g/mol. The van der Waals surface area contributed by atoms with Gasteiger partial charge in [0.15, 0.2) is 5.82 Å². The highest BCUT2D eigenvalue weighted by atomic mass is 16.5. The lowest BCUT2D eigenvalue weighted by molar-refractivity contribution is 0.180. The third-order valence-electron chi connectivity index (χ3n) is 3.15. The quantitative estimate of drug-likeness (QED) is 0.894. The zero-order valence-electron chi connectivity index (χ0n) is 9.91. The number of hydrogen-bond donors (Lipinski definition) is 1. The van der Waals surface area contributed by atoms with E-state index in [0.717, 1.165) is 24.2 Å². The van der Waals surface area contributed by atoms with E-state index in [4.69, 9.17) is 4.74 Å². The van der Waals surface area contributed by atoms with Crippen LogP contribution in [-0.4, -0.2) is 15.1 Å². The summed E-state index contributed by atoms with van der Waals surface area (Å²) in [6.45, 7) is 0.363. The summed E-state index contributed by atoms with van der Waals surface area (Å²) < 4.78 is 5.65. The SMILES string of the molecule is O[C@H]1CCc2cc(OCc3ncccn3)ccc21. The van der Waals surface area contributed by atoms with Gasteiger partial charge in [0, 0.05) is 12.4 Å². The molecule has 1 N–H and O–H groups in total. The Morgan fingerprint density at radius 2 is 2.11 bits per heavy atom. The highest BCUT2D eigenvalue weighted by molar-refractivity contribution is 5.39. The first-order valence-electron chi connectivity index (χ1n) is 6.02. The van der Waals surface area contributed by atoms with Gasteiger partial charge in [-0.15, -0.1) is 0 Å². The molecule has 1 atom stereocenters. The molecule has 1 aliphatic rings. The number of rotatable bonds is 3. The highest BCUT2D eigenvalue weighted by Crippen LogP contribution is 2.33. The molecule has 2 aromatic rings. The van der Waals surface area contributed by atoms with E-state index in [1.807, 2.05) is 18.2 Å². The number of benzene rings is 1. The van der Waals surface area contributed by atoms with Crippen molar-refractivity contribution in [3.63, 3.8) is 0 Å². The third kappa shape index (κ3) is 2.19. The fourth-order valence-corrected chi connectivity index (χ4v) is 2.21. The summed E-state index contributed by atoms with van der Waals surface area (Å²) in [6.07, 6.45) is 4.80. The molecule has 0 bridgehead atoms. The summed E-state index contributed by atoms with van der Waals surface area (Å²) in [5.74, 6) is 1.47. The van der Waals surface area contributed by atoms with Gasteiger partial charge in [-0.1, -0.05) is 6.07 Å². The predicted molar refractivity (Wildman–Crippen MR) is 66.1 cm³/mol. The number of ether oxygens (including phenoxy) is 1. The van der Waals surface area contributed by atoms with Crippen molar-refractivity contribution in [3.8, 4) is 5.75 Å². The minimum Gasteiger partial charge on any atom is -0.486 e. The van der Waals surface area contributed by atoms with Crippen molar-refractivity contribution in [2.24, 2.45) is 0 Å². The van der Waals surface area contributed by atoms with E-state index in [1.54, 1.807) is 18.5 Å². The van der Waals surface area contributed by atoms with Crippen LogP contribution in [0.25, 0.3) is 0 Å². The van der Waals surface area contributed by atoms with Gasteiger partial charge in [-0.2, -0.15) is 0 Å². The van der Waals surface area contributed by atoms with Crippen LogP contribution in [0.1, 0.15) is 29.5 Å². The molecule has 18 heavy (non-hydrogen) atoms. The van der Waals surface area contributed by atoms with Crippen LogP contribution in [0.5, 0.6) is 5.75 Å². The van der Waals surface area contributed by atoms with Crippen molar-refractivity contribution in [1.82, 2.24) is 9.97 Å². The third-order valence-corrected chi connectivity index (χ3v) is 3.15. The lowest BCUT2D eigenvalue weighted by atomic mass is 10.1. The molecule has 0 spiro atoms. The van der Waals surface area contributed by atoms with E-state index in [2.05, 4.69) is 9.97 Å². The van der Waals surface area contributed by atoms with Gasteiger partial charge >= 0.3 is 0 Å². The summed E-state index contributed by atoms with van der Waals surface area (Å²) in [6, 6.07) is 7.60. The molecular formula is C14H14N2O2. The molecular weight excluding hydrogens is 228 g/mol. The van der Waals surface area contributed by atoms with Crippen molar-refractivity contribution in [2.45, 2.75) is 25.6 Å². The highest BCUT2D eigenvalue weighted by Gasteiger charge is 2.20. The molecule has 0 saturated heterocycles. The Kier molecular flexibility index (Phi) is 2.94. The molecule has 3 rings (SSSR count). The largest absolute Gasteiger partial charge is 0.486 e. The van der Waals surface area contributed by atoms with E-state index >= 15 is 0 Å². The zero-order valence-corrected chi connectivity index (χ0v) is 9.91. The standard InChI is InChI=1S/C14H14N2O2/c17-13-5-2-10-8-11(3-4-12(10)13)18-9-14-15-6-1-7-16-14/h1,3-4,6-8,13,17H,2,5,9H2/t13-/m0/s1. The van der Waals surface area contributed by atoms with Crippen LogP contribution in [0, 0.1) is 0 Å². The Morgan fingerprint density at radius 1 is 1.28 bits per heavy atom. The number of aromatic nitrogens is 2. The van der Waals surface area contributed by atoms with Gasteiger partial charge in [0.1, 0.15) is 12.4 Å². The van der Waals surface area contributed by atoms with E-state index in [-0.39, 0.29) is 6.10 Å². The van der Waals surface area contributed by atoms with Gasteiger partial charge in [-0.05, 0) is 42.2 Å². The van der Waals surface area contributed by atoms with Gasteiger partial charge in [0.25, 0.3) is 0 Å². The molecule has 0 saturated carbocycles. The molecule has 0 amide bonds. The minimum absolute atomic E-state index is 0.313. The number of aliphatic hydroxyl groups excluding tert-OH is 1. The lowest BCUT2D eigenvalue weighted by Crippen LogP contribution is -2.00. The number of aryl methyl sites for hydroxylation is 1. The second-order valence-electron chi connectivity index (χ2n) is 4.37. The van der Waals surface area contributed by atoms with Gasteiger partial charge in [0.2, 0.25) is 0 Å². The van der Waals surface area contributed by atoms with Crippen molar-refractivity contribution in [2.75, 3.05) is 0 Å². The maximum absolute atomic E-state index is 9.72. The van der Waals surface area contributed by atoms with Crippen LogP contribution >= 0.6 is 0 Å². The average Bonchev–Trinajstić information content (AvgIpc) is 2.79. The molecule has 0 fully saturated rings. The van der Waals surface area contributed by atoms with Crippen LogP contribution < -0.4 is 4.74 Å². The summed E-state index contributed by atoms with van der Waals surface area (Å²) in [5, 5.41) is 9.72. The normalized spacial score (nSPS) is 17.5. The number of nitrogens with zero attached hydrogens (tertiary/aromatic N) is 2. The van der Waals surface area contributed by atoms with Crippen molar-refractivity contribution >= 4 is 0 Å². The molecule has 92 valence electrons. The Balaban J connectivity index is 1.71.